The minimum Gasteiger partial charge on any atom is -0.301 e. The molecule has 0 N–H and O–H groups in total. The lowest BCUT2D eigenvalue weighted by molar-refractivity contribution is 0.255. The monoisotopic (exact) mass is 261 g/mol. The van der Waals surface area contributed by atoms with E-state index < -0.39 is 0 Å². The second kappa shape index (κ2) is 6.99. The molecular formula is C16H27N3. The van der Waals surface area contributed by atoms with Crippen molar-refractivity contribution in [1.82, 2.24) is 14.9 Å². The first-order valence-corrected chi connectivity index (χ1v) is 7.73. The van der Waals surface area contributed by atoms with Gasteiger partial charge in [0.1, 0.15) is 6.33 Å². The van der Waals surface area contributed by atoms with Gasteiger partial charge in [-0.25, -0.2) is 9.97 Å². The van der Waals surface area contributed by atoms with Gasteiger partial charge in [0.15, 0.2) is 0 Å². The summed E-state index contributed by atoms with van der Waals surface area (Å²) in [5, 5.41) is 0. The maximum Gasteiger partial charge on any atom is 0.115 e. The third-order valence-electron chi connectivity index (χ3n) is 4.04. The first-order valence-electron chi connectivity index (χ1n) is 7.73. The van der Waals surface area contributed by atoms with E-state index in [2.05, 4.69) is 41.7 Å². The molecule has 1 atom stereocenters. The second-order valence-electron chi connectivity index (χ2n) is 6.06. The Kier molecular flexibility index (Phi) is 5.32. The van der Waals surface area contributed by atoms with Crippen molar-refractivity contribution in [3.05, 3.63) is 23.8 Å². The highest BCUT2D eigenvalue weighted by Crippen LogP contribution is 2.21. The average Bonchev–Trinajstić information content (AvgIpc) is 2.83. The molecule has 0 radical (unpaired) electrons. The number of aryl methyl sites for hydroxylation is 1. The molecule has 3 heteroatoms. The molecular weight excluding hydrogens is 234 g/mol. The predicted molar refractivity (Wildman–Crippen MR) is 79.2 cm³/mol. The highest BCUT2D eigenvalue weighted by Gasteiger charge is 2.22. The summed E-state index contributed by atoms with van der Waals surface area (Å²) in [5.41, 5.74) is 2.41. The fourth-order valence-corrected chi connectivity index (χ4v) is 3.06. The molecule has 0 saturated carbocycles. The topological polar surface area (TPSA) is 29.0 Å². The smallest absolute Gasteiger partial charge is 0.115 e. The van der Waals surface area contributed by atoms with E-state index in [1.165, 1.54) is 43.7 Å². The van der Waals surface area contributed by atoms with Crippen LogP contribution in [-0.4, -0.2) is 34.0 Å². The Morgan fingerprint density at radius 2 is 2.11 bits per heavy atom. The summed E-state index contributed by atoms with van der Waals surface area (Å²) in [5.74, 6) is 0.660. The van der Waals surface area contributed by atoms with Crippen LogP contribution >= 0.6 is 0 Å². The SMILES string of the molecule is CCN1CCCC1CCc1cc(CC(C)C)ncn1. The van der Waals surface area contributed by atoms with Gasteiger partial charge in [0, 0.05) is 17.4 Å². The fourth-order valence-electron chi connectivity index (χ4n) is 3.06. The van der Waals surface area contributed by atoms with Gasteiger partial charge >= 0.3 is 0 Å². The summed E-state index contributed by atoms with van der Waals surface area (Å²) in [6.07, 6.45) is 7.85. The Morgan fingerprint density at radius 1 is 1.32 bits per heavy atom. The van der Waals surface area contributed by atoms with Gasteiger partial charge in [-0.15, -0.1) is 0 Å². The second-order valence-corrected chi connectivity index (χ2v) is 6.06. The normalized spacial score (nSPS) is 20.3. The summed E-state index contributed by atoms with van der Waals surface area (Å²) < 4.78 is 0. The largest absolute Gasteiger partial charge is 0.301 e. The van der Waals surface area contributed by atoms with Gasteiger partial charge in [0.05, 0.1) is 0 Å². The van der Waals surface area contributed by atoms with Gasteiger partial charge in [-0.2, -0.15) is 0 Å². The molecule has 1 fully saturated rings. The number of hydrogen-bond acceptors (Lipinski definition) is 3. The van der Waals surface area contributed by atoms with Crippen LogP contribution in [0.3, 0.4) is 0 Å². The van der Waals surface area contributed by atoms with E-state index >= 15 is 0 Å². The number of likely N-dealkylation sites (tertiary alicyclic amines) is 1. The van der Waals surface area contributed by atoms with Crippen LogP contribution in [0, 0.1) is 5.92 Å². The molecule has 1 aliphatic heterocycles. The molecule has 2 heterocycles. The van der Waals surface area contributed by atoms with Crippen LogP contribution in [0.5, 0.6) is 0 Å². The fraction of sp³-hybridized carbons (Fsp3) is 0.750. The Balaban J connectivity index is 1.88. The summed E-state index contributed by atoms with van der Waals surface area (Å²) >= 11 is 0. The summed E-state index contributed by atoms with van der Waals surface area (Å²) in [6, 6.07) is 2.97. The van der Waals surface area contributed by atoms with Crippen molar-refractivity contribution in [2.45, 2.75) is 58.9 Å². The van der Waals surface area contributed by atoms with Crippen molar-refractivity contribution in [2.75, 3.05) is 13.1 Å². The first-order chi connectivity index (χ1) is 9.19. The van der Waals surface area contributed by atoms with Crippen LogP contribution in [0.2, 0.25) is 0 Å². The zero-order valence-electron chi connectivity index (χ0n) is 12.6. The molecule has 0 bridgehead atoms. The van der Waals surface area contributed by atoms with E-state index in [-0.39, 0.29) is 0 Å². The van der Waals surface area contributed by atoms with Crippen LogP contribution in [0.25, 0.3) is 0 Å². The van der Waals surface area contributed by atoms with Crippen LogP contribution < -0.4 is 0 Å². The third kappa shape index (κ3) is 4.27. The highest BCUT2D eigenvalue weighted by molar-refractivity contribution is 5.09. The lowest BCUT2D eigenvalue weighted by Gasteiger charge is -2.22. The minimum atomic E-state index is 0.660. The van der Waals surface area contributed by atoms with Gasteiger partial charge in [-0.05, 0) is 57.2 Å². The summed E-state index contributed by atoms with van der Waals surface area (Å²) in [7, 11) is 0. The van der Waals surface area contributed by atoms with Gasteiger partial charge in [-0.3, -0.25) is 0 Å². The molecule has 1 aromatic rings. The van der Waals surface area contributed by atoms with E-state index in [0.717, 1.165) is 18.9 Å². The third-order valence-corrected chi connectivity index (χ3v) is 4.04. The molecule has 1 unspecified atom stereocenters. The minimum absolute atomic E-state index is 0.660. The zero-order chi connectivity index (χ0) is 13.7. The molecule has 1 saturated heterocycles. The number of aromatic nitrogens is 2. The van der Waals surface area contributed by atoms with Gasteiger partial charge in [0.2, 0.25) is 0 Å². The Bertz CT molecular complexity index is 389. The molecule has 106 valence electrons. The van der Waals surface area contributed by atoms with E-state index in [1.54, 1.807) is 6.33 Å². The van der Waals surface area contributed by atoms with Crippen LogP contribution in [0.4, 0.5) is 0 Å². The molecule has 0 aromatic carbocycles. The molecule has 1 aliphatic rings. The van der Waals surface area contributed by atoms with Crippen molar-refractivity contribution in [3.8, 4) is 0 Å². The lowest BCUT2D eigenvalue weighted by Crippen LogP contribution is -2.29. The number of nitrogens with zero attached hydrogens (tertiary/aromatic N) is 3. The highest BCUT2D eigenvalue weighted by atomic mass is 15.2. The quantitative estimate of drug-likeness (QED) is 0.788. The molecule has 2 rings (SSSR count). The lowest BCUT2D eigenvalue weighted by atomic mass is 10.0. The van der Waals surface area contributed by atoms with Gasteiger partial charge < -0.3 is 4.90 Å². The van der Waals surface area contributed by atoms with Gasteiger partial charge in [-0.1, -0.05) is 20.8 Å². The van der Waals surface area contributed by atoms with Crippen molar-refractivity contribution >= 4 is 0 Å². The van der Waals surface area contributed by atoms with E-state index in [0.29, 0.717) is 5.92 Å². The first kappa shape index (κ1) is 14.4. The molecule has 0 aliphatic carbocycles. The number of rotatable bonds is 6. The predicted octanol–water partition coefficient (Wildman–Crippen LogP) is 3.09. The molecule has 0 spiro atoms. The van der Waals surface area contributed by atoms with Crippen molar-refractivity contribution in [2.24, 2.45) is 5.92 Å². The molecule has 3 nitrogen and oxygen atoms in total. The van der Waals surface area contributed by atoms with E-state index in [9.17, 15) is 0 Å². The van der Waals surface area contributed by atoms with Crippen LogP contribution in [0.1, 0.15) is 51.4 Å². The maximum absolute atomic E-state index is 4.43. The van der Waals surface area contributed by atoms with Crippen LogP contribution in [-0.2, 0) is 12.8 Å². The van der Waals surface area contributed by atoms with Gasteiger partial charge in [0.25, 0.3) is 0 Å². The Labute approximate surface area is 117 Å². The molecule has 0 amide bonds. The standard InChI is InChI=1S/C16H27N3/c1-4-19-9-5-6-16(19)8-7-14-11-15(10-13(2)3)18-12-17-14/h11-13,16H,4-10H2,1-3H3. The summed E-state index contributed by atoms with van der Waals surface area (Å²) in [6.45, 7) is 9.21. The molecule has 1 aromatic heterocycles. The Morgan fingerprint density at radius 3 is 2.84 bits per heavy atom. The zero-order valence-corrected chi connectivity index (χ0v) is 12.6. The maximum atomic E-state index is 4.43. The van der Waals surface area contributed by atoms with E-state index in [4.69, 9.17) is 0 Å². The van der Waals surface area contributed by atoms with Crippen molar-refractivity contribution in [1.29, 1.82) is 0 Å². The van der Waals surface area contributed by atoms with E-state index in [1.807, 2.05) is 0 Å². The summed E-state index contributed by atoms with van der Waals surface area (Å²) in [4.78, 5) is 11.4. The van der Waals surface area contributed by atoms with Crippen molar-refractivity contribution < 1.29 is 0 Å². The average molecular weight is 261 g/mol. The van der Waals surface area contributed by atoms with Crippen molar-refractivity contribution in [3.63, 3.8) is 0 Å². The molecule has 19 heavy (non-hydrogen) atoms. The Hall–Kier alpha value is -0.960. The van der Waals surface area contributed by atoms with Crippen LogP contribution in [0.15, 0.2) is 12.4 Å². The number of hydrogen-bond donors (Lipinski definition) is 0.